The molecular formula is C36H56O6. The molecule has 0 fully saturated rings. The van der Waals surface area contributed by atoms with Gasteiger partial charge in [0.2, 0.25) is 5.76 Å². The molecule has 1 heterocycles. The van der Waals surface area contributed by atoms with Gasteiger partial charge >= 0.3 is 5.97 Å². The first kappa shape index (κ1) is 37.2. The average Bonchev–Trinajstić information content (AvgIpc) is 3.18. The van der Waals surface area contributed by atoms with Gasteiger partial charge in [-0.1, -0.05) is 63.8 Å². The molecule has 0 saturated heterocycles. The van der Waals surface area contributed by atoms with Crippen LogP contribution in [-0.4, -0.2) is 44.7 Å². The minimum absolute atomic E-state index is 0.412. The van der Waals surface area contributed by atoms with Crippen molar-refractivity contribution in [1.82, 2.24) is 0 Å². The minimum Gasteiger partial charge on any atom is -0.505 e. The van der Waals surface area contributed by atoms with E-state index in [1.807, 2.05) is 6.92 Å². The lowest BCUT2D eigenvalue weighted by Gasteiger charge is -2.34. The summed E-state index contributed by atoms with van der Waals surface area (Å²) < 4.78 is 4.98. The number of carbonyl (C=O) groups excluding carboxylic acids is 1. The van der Waals surface area contributed by atoms with Gasteiger partial charge in [0.1, 0.15) is 0 Å². The molecule has 2 atom stereocenters. The molecule has 1 aliphatic heterocycles. The lowest BCUT2D eigenvalue weighted by molar-refractivity contribution is -0.154. The maximum absolute atomic E-state index is 11.7. The van der Waals surface area contributed by atoms with E-state index in [1.54, 1.807) is 13.8 Å². The van der Waals surface area contributed by atoms with Crippen molar-refractivity contribution in [2.75, 3.05) is 6.61 Å². The van der Waals surface area contributed by atoms with E-state index in [9.17, 15) is 25.2 Å². The molecule has 4 N–H and O–H groups in total. The van der Waals surface area contributed by atoms with Crippen LogP contribution in [0.1, 0.15) is 120 Å². The fourth-order valence-corrected chi connectivity index (χ4v) is 5.08. The highest BCUT2D eigenvalue weighted by atomic mass is 16.6. The van der Waals surface area contributed by atoms with Crippen LogP contribution in [0.4, 0.5) is 0 Å². The Morgan fingerprint density at radius 1 is 0.690 bits per heavy atom. The summed E-state index contributed by atoms with van der Waals surface area (Å²) in [5.74, 6) is -2.81. The molecule has 0 aromatic rings. The smallest absolute Gasteiger partial charge is 0.378 e. The molecule has 0 bridgehead atoms. The molecule has 1 aliphatic rings. The van der Waals surface area contributed by atoms with Crippen molar-refractivity contribution in [2.24, 2.45) is 0 Å². The second kappa shape index (κ2) is 18.7. The number of esters is 1. The van der Waals surface area contributed by atoms with Crippen molar-refractivity contribution < 1.29 is 30.0 Å². The third-order valence-corrected chi connectivity index (χ3v) is 7.79. The van der Waals surface area contributed by atoms with Gasteiger partial charge in [-0.05, 0) is 125 Å². The zero-order valence-electron chi connectivity index (χ0n) is 27.3. The van der Waals surface area contributed by atoms with Crippen molar-refractivity contribution in [3.8, 4) is 0 Å². The number of rotatable bonds is 18. The zero-order valence-corrected chi connectivity index (χ0v) is 27.3. The molecule has 0 aromatic carbocycles. The molecule has 0 unspecified atom stereocenters. The summed E-state index contributed by atoms with van der Waals surface area (Å²) in [6, 6.07) is 0. The summed E-state index contributed by atoms with van der Waals surface area (Å²) in [4.78, 5) is 11.7. The van der Waals surface area contributed by atoms with Gasteiger partial charge < -0.3 is 25.2 Å². The molecule has 0 amide bonds. The van der Waals surface area contributed by atoms with Crippen molar-refractivity contribution in [2.45, 2.75) is 131 Å². The molecule has 0 aliphatic carbocycles. The minimum atomic E-state index is -2.02. The monoisotopic (exact) mass is 584 g/mol. The van der Waals surface area contributed by atoms with Crippen LogP contribution >= 0.6 is 0 Å². The van der Waals surface area contributed by atoms with Crippen LogP contribution in [0.5, 0.6) is 0 Å². The molecule has 0 radical (unpaired) electrons. The van der Waals surface area contributed by atoms with E-state index in [1.165, 1.54) is 22.3 Å². The highest BCUT2D eigenvalue weighted by Crippen LogP contribution is 2.36. The van der Waals surface area contributed by atoms with Crippen molar-refractivity contribution >= 4 is 5.97 Å². The summed E-state index contributed by atoms with van der Waals surface area (Å²) in [6.07, 6.45) is 19.5. The van der Waals surface area contributed by atoms with Gasteiger partial charge in [-0.3, -0.25) is 0 Å². The number of ether oxygens (including phenoxy) is 1. The highest BCUT2D eigenvalue weighted by Gasteiger charge is 2.50. The molecule has 1 rings (SSSR count). The Balaban J connectivity index is 2.52. The molecular weight excluding hydrogens is 528 g/mol. The molecule has 0 spiro atoms. The van der Waals surface area contributed by atoms with E-state index in [2.05, 4.69) is 65.0 Å². The van der Waals surface area contributed by atoms with Gasteiger partial charge in [0.25, 0.3) is 0 Å². The standard InChI is InChI=1S/C36H56O6/c1-25(2)14-11-17-29(7)20-12-18-27(5)15-9-10-16-28(6)19-13-21-30(8)22-23-31(26(3)4)36(41,24-37)34-32(38)33(39)35(40)42-34/h14-16,20-21,34,37-39,41H,9-13,17-19,22-24H2,1-8H3/b27-15+,28-16+,29-20+,30-21+/t34-,36-/m0/s1. The maximum Gasteiger partial charge on any atom is 0.378 e. The Morgan fingerprint density at radius 3 is 1.50 bits per heavy atom. The number of aliphatic hydroxyl groups excluding tert-OH is 3. The molecule has 6 nitrogen and oxygen atoms in total. The zero-order chi connectivity index (χ0) is 31.9. The van der Waals surface area contributed by atoms with E-state index >= 15 is 0 Å². The van der Waals surface area contributed by atoms with Crippen LogP contribution in [0.15, 0.2) is 80.9 Å². The Kier molecular flexibility index (Phi) is 16.5. The third-order valence-electron chi connectivity index (χ3n) is 7.79. The number of carbonyl (C=O) groups is 1. The quantitative estimate of drug-likeness (QED) is 0.0728. The van der Waals surface area contributed by atoms with Crippen molar-refractivity contribution in [1.29, 1.82) is 0 Å². The fourth-order valence-electron chi connectivity index (χ4n) is 5.08. The predicted octanol–water partition coefficient (Wildman–Crippen LogP) is 8.95. The molecule has 6 heteroatoms. The van der Waals surface area contributed by atoms with Crippen molar-refractivity contribution in [3.05, 3.63) is 80.9 Å². The van der Waals surface area contributed by atoms with E-state index < -0.39 is 35.8 Å². The first-order valence-corrected chi connectivity index (χ1v) is 15.3. The topological polar surface area (TPSA) is 107 Å². The second-order valence-corrected chi connectivity index (χ2v) is 12.3. The van der Waals surface area contributed by atoms with Crippen LogP contribution < -0.4 is 0 Å². The van der Waals surface area contributed by atoms with Gasteiger partial charge in [-0.2, -0.15) is 0 Å². The lowest BCUT2D eigenvalue weighted by atomic mass is 9.82. The normalized spacial score (nSPS) is 18.2. The van der Waals surface area contributed by atoms with Crippen LogP contribution in [-0.2, 0) is 9.53 Å². The Hall–Kier alpha value is -2.83. The van der Waals surface area contributed by atoms with Crippen LogP contribution in [0.3, 0.4) is 0 Å². The summed E-state index contributed by atoms with van der Waals surface area (Å²) in [7, 11) is 0. The number of unbranched alkanes of at least 4 members (excludes halogenated alkanes) is 1. The van der Waals surface area contributed by atoms with Crippen LogP contribution in [0.2, 0.25) is 0 Å². The Labute approximate surface area is 254 Å². The average molecular weight is 585 g/mol. The summed E-state index contributed by atoms with van der Waals surface area (Å²) >= 11 is 0. The maximum atomic E-state index is 11.7. The Bertz CT molecular complexity index is 1120. The largest absolute Gasteiger partial charge is 0.505 e. The Morgan fingerprint density at radius 2 is 1.12 bits per heavy atom. The summed E-state index contributed by atoms with van der Waals surface area (Å²) in [5.41, 5.74) is 6.03. The third kappa shape index (κ3) is 12.6. The van der Waals surface area contributed by atoms with Crippen molar-refractivity contribution in [3.63, 3.8) is 0 Å². The van der Waals surface area contributed by atoms with Gasteiger partial charge in [0.05, 0.1) is 6.61 Å². The lowest BCUT2D eigenvalue weighted by Crippen LogP contribution is -2.49. The summed E-state index contributed by atoms with van der Waals surface area (Å²) in [6.45, 7) is 15.8. The second-order valence-electron chi connectivity index (χ2n) is 12.3. The van der Waals surface area contributed by atoms with Crippen LogP contribution in [0, 0.1) is 0 Å². The van der Waals surface area contributed by atoms with Gasteiger partial charge in [-0.25, -0.2) is 4.79 Å². The van der Waals surface area contributed by atoms with Crippen LogP contribution in [0.25, 0.3) is 0 Å². The van der Waals surface area contributed by atoms with Gasteiger partial charge in [0, 0.05) is 0 Å². The molecule has 0 saturated carbocycles. The van der Waals surface area contributed by atoms with E-state index in [-0.39, 0.29) is 0 Å². The number of hydrogen-bond donors (Lipinski definition) is 4. The molecule has 236 valence electrons. The highest BCUT2D eigenvalue weighted by molar-refractivity contribution is 5.89. The number of allylic oxidation sites excluding steroid dienone is 11. The van der Waals surface area contributed by atoms with E-state index in [0.717, 1.165) is 62.5 Å². The van der Waals surface area contributed by atoms with E-state index in [4.69, 9.17) is 4.74 Å². The first-order chi connectivity index (χ1) is 19.7. The van der Waals surface area contributed by atoms with Gasteiger partial charge in [-0.15, -0.1) is 0 Å². The predicted molar refractivity (Wildman–Crippen MR) is 173 cm³/mol. The fraction of sp³-hybridized carbons (Fsp3) is 0.583. The van der Waals surface area contributed by atoms with Gasteiger partial charge in [0.15, 0.2) is 17.5 Å². The molecule has 0 aromatic heterocycles. The van der Waals surface area contributed by atoms with E-state index in [0.29, 0.717) is 18.4 Å². The SMILES string of the molecule is CC(C)=CCC/C(C)=C/CC/C(C)=C/CC/C=C(\C)CC/C=C(\C)CCC(=C(C)C)[C@@](O)(CO)[C@H]1OC(=O)C(O)=C1O. The summed E-state index contributed by atoms with van der Waals surface area (Å²) in [5, 5.41) is 41.1. The first-order valence-electron chi connectivity index (χ1n) is 15.3. The number of hydrogen-bond acceptors (Lipinski definition) is 6. The molecule has 42 heavy (non-hydrogen) atoms. The number of aliphatic hydroxyl groups is 4. The number of cyclic esters (lactones) is 1.